The summed E-state index contributed by atoms with van der Waals surface area (Å²) in [5, 5.41) is 8.56. The van der Waals surface area contributed by atoms with E-state index in [1.807, 2.05) is 36.2 Å². The summed E-state index contributed by atoms with van der Waals surface area (Å²) in [7, 11) is 0. The molecule has 3 aromatic rings. The van der Waals surface area contributed by atoms with Crippen LogP contribution >= 0.6 is 0 Å². The summed E-state index contributed by atoms with van der Waals surface area (Å²) >= 11 is 0. The number of nitrogens with zero attached hydrogens (tertiary/aromatic N) is 2. The SMILES string of the molecule is CCC(=O)Nc1ccc(C(=O)N2CCCC(Nc3cc4ccccc4cn3)C2)cc1. The van der Waals surface area contributed by atoms with Crippen LogP contribution in [0, 0.1) is 0 Å². The van der Waals surface area contributed by atoms with Crippen molar-refractivity contribution in [2.45, 2.75) is 32.2 Å². The quantitative estimate of drug-likeness (QED) is 0.667. The maximum Gasteiger partial charge on any atom is 0.253 e. The van der Waals surface area contributed by atoms with Gasteiger partial charge in [0.2, 0.25) is 5.91 Å². The van der Waals surface area contributed by atoms with Gasteiger partial charge in [-0.15, -0.1) is 0 Å². The Morgan fingerprint density at radius 1 is 1.10 bits per heavy atom. The Hall–Kier alpha value is -3.41. The summed E-state index contributed by atoms with van der Waals surface area (Å²) in [6, 6.07) is 17.5. The standard InChI is InChI=1S/C24H26N4O2/c1-2-23(29)27-20-11-9-17(10-12-20)24(30)28-13-5-8-21(16-28)26-22-14-18-6-3-4-7-19(18)15-25-22/h3-4,6-7,9-12,14-15,21H,2,5,8,13,16H2,1H3,(H,25,26)(H,27,29). The van der Waals surface area contributed by atoms with E-state index in [-0.39, 0.29) is 17.9 Å². The maximum absolute atomic E-state index is 13.0. The molecule has 0 saturated carbocycles. The van der Waals surface area contributed by atoms with Crippen LogP contribution in [0.2, 0.25) is 0 Å². The smallest absolute Gasteiger partial charge is 0.253 e. The Kier molecular flexibility index (Phi) is 5.93. The summed E-state index contributed by atoms with van der Waals surface area (Å²) in [4.78, 5) is 30.9. The van der Waals surface area contributed by atoms with Crippen LogP contribution in [-0.4, -0.2) is 40.8 Å². The van der Waals surface area contributed by atoms with Crippen LogP contribution in [0.25, 0.3) is 10.8 Å². The van der Waals surface area contributed by atoms with Crippen molar-refractivity contribution in [3.8, 4) is 0 Å². The Morgan fingerprint density at radius 2 is 1.87 bits per heavy atom. The summed E-state index contributed by atoms with van der Waals surface area (Å²) < 4.78 is 0. The summed E-state index contributed by atoms with van der Waals surface area (Å²) in [6.07, 6.45) is 4.25. The second kappa shape index (κ2) is 8.95. The molecule has 2 aromatic carbocycles. The molecule has 2 heterocycles. The van der Waals surface area contributed by atoms with E-state index in [1.165, 1.54) is 0 Å². The average Bonchev–Trinajstić information content (AvgIpc) is 2.79. The number of amides is 2. The molecule has 2 N–H and O–H groups in total. The third-order valence-corrected chi connectivity index (χ3v) is 5.43. The predicted octanol–water partition coefficient (Wildman–Crippen LogP) is 4.30. The number of carbonyl (C=O) groups is 2. The van der Waals surface area contributed by atoms with E-state index >= 15 is 0 Å². The first kappa shape index (κ1) is 19.9. The number of benzene rings is 2. The van der Waals surface area contributed by atoms with Gasteiger partial charge < -0.3 is 15.5 Å². The van der Waals surface area contributed by atoms with Crippen LogP contribution in [0.5, 0.6) is 0 Å². The van der Waals surface area contributed by atoms with E-state index in [0.29, 0.717) is 24.2 Å². The normalized spacial score (nSPS) is 16.3. The molecule has 2 amide bonds. The number of fused-ring (bicyclic) bond motifs is 1. The molecule has 0 radical (unpaired) electrons. The van der Waals surface area contributed by atoms with Gasteiger partial charge in [-0.1, -0.05) is 31.2 Å². The topological polar surface area (TPSA) is 74.3 Å². The molecule has 1 aromatic heterocycles. The molecule has 30 heavy (non-hydrogen) atoms. The van der Waals surface area contributed by atoms with Gasteiger partial charge in [0.15, 0.2) is 0 Å². The van der Waals surface area contributed by atoms with Gasteiger partial charge in [0.05, 0.1) is 0 Å². The van der Waals surface area contributed by atoms with Crippen molar-refractivity contribution in [1.82, 2.24) is 9.88 Å². The first-order valence-corrected chi connectivity index (χ1v) is 10.4. The third-order valence-electron chi connectivity index (χ3n) is 5.43. The highest BCUT2D eigenvalue weighted by Gasteiger charge is 2.24. The molecule has 4 rings (SSSR count). The van der Waals surface area contributed by atoms with Gasteiger partial charge in [-0.2, -0.15) is 0 Å². The molecule has 1 aliphatic heterocycles. The first-order valence-electron chi connectivity index (χ1n) is 10.4. The Bertz CT molecular complexity index is 1050. The Morgan fingerprint density at radius 3 is 2.63 bits per heavy atom. The molecule has 1 saturated heterocycles. The van der Waals surface area contributed by atoms with Crippen LogP contribution < -0.4 is 10.6 Å². The summed E-state index contributed by atoms with van der Waals surface area (Å²) in [5.74, 6) is 0.812. The summed E-state index contributed by atoms with van der Waals surface area (Å²) in [6.45, 7) is 3.19. The zero-order valence-electron chi connectivity index (χ0n) is 17.1. The number of piperidine rings is 1. The fourth-order valence-electron chi connectivity index (χ4n) is 3.78. The lowest BCUT2D eigenvalue weighted by atomic mass is 10.0. The van der Waals surface area contributed by atoms with Gasteiger partial charge in [-0.25, -0.2) is 4.98 Å². The van der Waals surface area contributed by atoms with Crippen LogP contribution in [0.15, 0.2) is 60.8 Å². The van der Waals surface area contributed by atoms with Crippen LogP contribution in [0.3, 0.4) is 0 Å². The van der Waals surface area contributed by atoms with Crippen molar-refractivity contribution in [1.29, 1.82) is 0 Å². The van der Waals surface area contributed by atoms with Crippen molar-refractivity contribution in [2.75, 3.05) is 23.7 Å². The monoisotopic (exact) mass is 402 g/mol. The van der Waals surface area contributed by atoms with Crippen molar-refractivity contribution in [2.24, 2.45) is 0 Å². The second-order valence-electron chi connectivity index (χ2n) is 7.63. The number of anilines is 2. The lowest BCUT2D eigenvalue weighted by molar-refractivity contribution is -0.115. The van der Waals surface area contributed by atoms with Gasteiger partial charge in [0.1, 0.15) is 5.82 Å². The van der Waals surface area contributed by atoms with Gasteiger partial charge in [0, 0.05) is 48.4 Å². The van der Waals surface area contributed by atoms with Crippen LogP contribution in [0.1, 0.15) is 36.5 Å². The lowest BCUT2D eigenvalue weighted by Gasteiger charge is -2.33. The number of likely N-dealkylation sites (tertiary alicyclic amines) is 1. The highest BCUT2D eigenvalue weighted by Crippen LogP contribution is 2.21. The maximum atomic E-state index is 13.0. The molecule has 1 atom stereocenters. The second-order valence-corrected chi connectivity index (χ2v) is 7.63. The van der Waals surface area contributed by atoms with Crippen molar-refractivity contribution in [3.63, 3.8) is 0 Å². The fourth-order valence-corrected chi connectivity index (χ4v) is 3.78. The molecule has 0 aliphatic carbocycles. The number of nitrogens with one attached hydrogen (secondary N) is 2. The zero-order chi connectivity index (χ0) is 20.9. The van der Waals surface area contributed by atoms with E-state index in [1.54, 1.807) is 24.3 Å². The van der Waals surface area contributed by atoms with E-state index in [2.05, 4.69) is 27.8 Å². The highest BCUT2D eigenvalue weighted by atomic mass is 16.2. The minimum absolute atomic E-state index is 0.0151. The Balaban J connectivity index is 1.40. The number of pyridine rings is 1. The van der Waals surface area contributed by atoms with Crippen molar-refractivity contribution in [3.05, 3.63) is 66.4 Å². The van der Waals surface area contributed by atoms with Gasteiger partial charge >= 0.3 is 0 Å². The van der Waals surface area contributed by atoms with E-state index < -0.39 is 0 Å². The number of rotatable bonds is 5. The molecule has 1 unspecified atom stereocenters. The van der Waals surface area contributed by atoms with Gasteiger partial charge in [-0.3, -0.25) is 9.59 Å². The van der Waals surface area contributed by atoms with Crippen LogP contribution in [-0.2, 0) is 4.79 Å². The molecule has 0 spiro atoms. The van der Waals surface area contributed by atoms with E-state index in [0.717, 1.165) is 36.0 Å². The number of carbonyl (C=O) groups excluding carboxylic acids is 2. The molecule has 154 valence electrons. The largest absolute Gasteiger partial charge is 0.366 e. The van der Waals surface area contributed by atoms with E-state index in [9.17, 15) is 9.59 Å². The number of hydrogen-bond acceptors (Lipinski definition) is 4. The zero-order valence-corrected chi connectivity index (χ0v) is 17.1. The molecule has 0 bridgehead atoms. The lowest BCUT2D eigenvalue weighted by Crippen LogP contribution is -2.45. The first-order chi connectivity index (χ1) is 14.6. The minimum Gasteiger partial charge on any atom is -0.366 e. The predicted molar refractivity (Wildman–Crippen MR) is 120 cm³/mol. The summed E-state index contributed by atoms with van der Waals surface area (Å²) in [5.41, 5.74) is 1.34. The molecular formula is C24H26N4O2. The van der Waals surface area contributed by atoms with Crippen molar-refractivity contribution >= 4 is 34.1 Å². The Labute approximate surface area is 176 Å². The average molecular weight is 402 g/mol. The molecule has 1 fully saturated rings. The molecule has 6 nitrogen and oxygen atoms in total. The molecule has 1 aliphatic rings. The number of hydrogen-bond donors (Lipinski definition) is 2. The highest BCUT2D eigenvalue weighted by molar-refractivity contribution is 5.96. The molecular weight excluding hydrogens is 376 g/mol. The fraction of sp³-hybridized carbons (Fsp3) is 0.292. The van der Waals surface area contributed by atoms with Gasteiger partial charge in [0.25, 0.3) is 5.91 Å². The van der Waals surface area contributed by atoms with E-state index in [4.69, 9.17) is 0 Å². The number of aromatic nitrogens is 1. The van der Waals surface area contributed by atoms with Gasteiger partial charge in [-0.05, 0) is 48.6 Å². The minimum atomic E-state index is -0.0404. The van der Waals surface area contributed by atoms with Crippen LogP contribution in [0.4, 0.5) is 11.5 Å². The van der Waals surface area contributed by atoms with Crippen molar-refractivity contribution < 1.29 is 9.59 Å². The third kappa shape index (κ3) is 4.59. The molecule has 6 heteroatoms.